The molecule has 1 amide bonds. The number of unbranched alkanes of at least 4 members (excludes halogenated alkanes) is 1. The van der Waals surface area contributed by atoms with Crippen molar-refractivity contribution in [3.05, 3.63) is 65.0 Å². The number of aryl methyl sites for hydroxylation is 1. The van der Waals surface area contributed by atoms with Gasteiger partial charge < -0.3 is 15.0 Å². The van der Waals surface area contributed by atoms with Crippen LogP contribution in [0.1, 0.15) is 73.6 Å². The molecule has 5 nitrogen and oxygen atoms in total. The fourth-order valence-corrected chi connectivity index (χ4v) is 4.80. The first-order chi connectivity index (χ1) is 15.6. The quantitative estimate of drug-likeness (QED) is 0.678. The lowest BCUT2D eigenvalue weighted by molar-refractivity contribution is 0.0766. The van der Waals surface area contributed by atoms with Crippen LogP contribution in [-0.2, 0) is 6.42 Å². The number of fused-ring (bicyclic) bond motifs is 1. The summed E-state index contributed by atoms with van der Waals surface area (Å²) in [6.07, 6.45) is 9.41. The van der Waals surface area contributed by atoms with Crippen molar-refractivity contribution in [2.45, 2.75) is 58.5 Å². The van der Waals surface area contributed by atoms with Gasteiger partial charge in [0.1, 0.15) is 17.0 Å². The summed E-state index contributed by atoms with van der Waals surface area (Å²) in [4.78, 5) is 19.1. The van der Waals surface area contributed by atoms with E-state index in [4.69, 9.17) is 4.74 Å². The van der Waals surface area contributed by atoms with Crippen LogP contribution in [0.3, 0.4) is 0 Å². The van der Waals surface area contributed by atoms with E-state index in [1.807, 2.05) is 26.1 Å². The van der Waals surface area contributed by atoms with Gasteiger partial charge in [-0.25, -0.2) is 0 Å². The molecule has 0 aliphatic carbocycles. The van der Waals surface area contributed by atoms with E-state index in [0.29, 0.717) is 18.8 Å². The van der Waals surface area contributed by atoms with Gasteiger partial charge in [-0.1, -0.05) is 31.5 Å². The number of rotatable bonds is 7. The number of hydrogen-bond acceptors (Lipinski definition) is 4. The predicted molar refractivity (Wildman–Crippen MR) is 129 cm³/mol. The molecule has 5 heteroatoms. The number of ether oxygens (including phenoxy) is 1. The van der Waals surface area contributed by atoms with Crippen molar-refractivity contribution < 1.29 is 9.53 Å². The number of amides is 1. The van der Waals surface area contributed by atoms with E-state index < -0.39 is 0 Å². The van der Waals surface area contributed by atoms with Gasteiger partial charge in [0, 0.05) is 43.3 Å². The molecule has 3 heterocycles. The molecule has 1 N–H and O–H groups in total. The minimum Gasteiger partial charge on any atom is -0.482 e. The van der Waals surface area contributed by atoms with Gasteiger partial charge in [0.15, 0.2) is 0 Å². The average Bonchev–Trinajstić information content (AvgIpc) is 2.83. The van der Waals surface area contributed by atoms with Crippen LogP contribution in [0.5, 0.6) is 5.75 Å². The number of benzene rings is 1. The van der Waals surface area contributed by atoms with Gasteiger partial charge in [-0.05, 0) is 69.1 Å². The smallest absolute Gasteiger partial charge is 0.272 e. The van der Waals surface area contributed by atoms with E-state index in [-0.39, 0.29) is 11.5 Å². The molecule has 0 atom stereocenters. The molecule has 2 aromatic rings. The molecule has 1 aromatic carbocycles. The maximum atomic E-state index is 12.7. The van der Waals surface area contributed by atoms with Crippen LogP contribution < -0.4 is 10.1 Å². The Balaban J connectivity index is 1.76. The Kier molecular flexibility index (Phi) is 6.95. The average molecular weight is 434 g/mol. The van der Waals surface area contributed by atoms with Gasteiger partial charge >= 0.3 is 0 Å². The second-order valence-corrected chi connectivity index (χ2v) is 8.78. The minimum absolute atomic E-state index is 0.0126. The van der Waals surface area contributed by atoms with Crippen molar-refractivity contribution >= 4 is 11.5 Å². The van der Waals surface area contributed by atoms with Crippen molar-refractivity contribution in [1.29, 1.82) is 0 Å². The van der Waals surface area contributed by atoms with Gasteiger partial charge in [-0.2, -0.15) is 0 Å². The fraction of sp³-hybridized carbons (Fsp3) is 0.481. The molecule has 2 aliphatic rings. The molecule has 1 fully saturated rings. The molecular weight excluding hydrogens is 398 g/mol. The highest BCUT2D eigenvalue weighted by Crippen LogP contribution is 2.44. The van der Waals surface area contributed by atoms with Crippen molar-refractivity contribution in [2.24, 2.45) is 0 Å². The zero-order chi connectivity index (χ0) is 22.6. The Bertz CT molecular complexity index is 971. The van der Waals surface area contributed by atoms with E-state index in [1.54, 1.807) is 4.90 Å². The lowest BCUT2D eigenvalue weighted by Crippen LogP contribution is -2.46. The van der Waals surface area contributed by atoms with E-state index in [2.05, 4.69) is 47.6 Å². The molecule has 32 heavy (non-hydrogen) atoms. The number of carbonyl (C=O) groups excluding carboxylic acids is 1. The maximum Gasteiger partial charge on any atom is 0.272 e. The highest BCUT2D eigenvalue weighted by molar-refractivity contribution is 5.93. The summed E-state index contributed by atoms with van der Waals surface area (Å²) < 4.78 is 6.66. The Morgan fingerprint density at radius 3 is 2.56 bits per heavy atom. The summed E-state index contributed by atoms with van der Waals surface area (Å²) in [5.74, 6) is 0.961. The van der Waals surface area contributed by atoms with E-state index in [9.17, 15) is 4.79 Å². The van der Waals surface area contributed by atoms with Crippen LogP contribution >= 0.6 is 0 Å². The number of nitrogens with one attached hydrogen (secondary N) is 1. The highest BCUT2D eigenvalue weighted by atomic mass is 16.5. The van der Waals surface area contributed by atoms with Gasteiger partial charge in [-0.3, -0.25) is 9.78 Å². The topological polar surface area (TPSA) is 54.5 Å². The highest BCUT2D eigenvalue weighted by Gasteiger charge is 2.37. The second-order valence-electron chi connectivity index (χ2n) is 8.78. The zero-order valence-electron chi connectivity index (χ0n) is 19.6. The van der Waals surface area contributed by atoms with Crippen LogP contribution in [0.15, 0.2) is 42.6 Å². The first-order valence-corrected chi connectivity index (χ1v) is 12.1. The number of carbonyl (C=O) groups is 1. The number of piperidine rings is 1. The molecule has 0 radical (unpaired) electrons. The van der Waals surface area contributed by atoms with E-state index in [0.717, 1.165) is 56.5 Å². The summed E-state index contributed by atoms with van der Waals surface area (Å²) >= 11 is 0. The predicted octanol–water partition coefficient (Wildman–Crippen LogP) is 4.85. The molecule has 2 aliphatic heterocycles. The molecule has 0 saturated carbocycles. The summed E-state index contributed by atoms with van der Waals surface area (Å²) in [5, 5.41) is 3.45. The van der Waals surface area contributed by atoms with Gasteiger partial charge in [0.25, 0.3) is 5.91 Å². The minimum atomic E-state index is -0.285. The SMILES string of the molecule is CCCCc1cccc2c1C(c1ccc(C(=O)N(CC)CC)nc1)=CC1(CCNCC1)O2. The second kappa shape index (κ2) is 9.86. The molecule has 1 spiro atoms. The van der Waals surface area contributed by atoms with Crippen molar-refractivity contribution in [2.75, 3.05) is 26.2 Å². The zero-order valence-corrected chi connectivity index (χ0v) is 19.6. The molecule has 170 valence electrons. The largest absolute Gasteiger partial charge is 0.482 e. The molecule has 0 bridgehead atoms. The van der Waals surface area contributed by atoms with Crippen LogP contribution in [0.25, 0.3) is 5.57 Å². The standard InChI is InChI=1S/C27H35N3O2/c1-4-7-9-20-10-8-11-24-25(20)22(18-27(32-24)14-16-28-17-15-27)21-12-13-23(29-19-21)26(31)30(5-2)6-3/h8,10-13,18-19,28H,4-7,9,14-17H2,1-3H3. The third kappa shape index (κ3) is 4.44. The lowest BCUT2D eigenvalue weighted by atomic mass is 9.81. The molecule has 4 rings (SSSR count). The number of hydrogen-bond donors (Lipinski definition) is 1. The van der Waals surface area contributed by atoms with Crippen molar-refractivity contribution in [3.63, 3.8) is 0 Å². The van der Waals surface area contributed by atoms with Crippen LogP contribution in [-0.4, -0.2) is 47.6 Å². The molecule has 1 saturated heterocycles. The Morgan fingerprint density at radius 1 is 1.12 bits per heavy atom. The number of nitrogens with zero attached hydrogens (tertiary/aromatic N) is 2. The Labute approximate surface area is 191 Å². The van der Waals surface area contributed by atoms with Gasteiger partial charge in [0.05, 0.1) is 0 Å². The molecule has 0 unspecified atom stereocenters. The summed E-state index contributed by atoms with van der Waals surface area (Å²) in [5.41, 5.74) is 4.97. The summed E-state index contributed by atoms with van der Waals surface area (Å²) in [6, 6.07) is 10.4. The summed E-state index contributed by atoms with van der Waals surface area (Å²) in [6.45, 7) is 9.49. The first-order valence-electron chi connectivity index (χ1n) is 12.1. The third-order valence-electron chi connectivity index (χ3n) is 6.70. The Hall–Kier alpha value is -2.66. The fourth-order valence-electron chi connectivity index (χ4n) is 4.80. The lowest BCUT2D eigenvalue weighted by Gasteiger charge is -2.40. The number of aromatic nitrogens is 1. The Morgan fingerprint density at radius 2 is 1.91 bits per heavy atom. The third-order valence-corrected chi connectivity index (χ3v) is 6.70. The normalized spacial score (nSPS) is 16.8. The van der Waals surface area contributed by atoms with Gasteiger partial charge in [0.2, 0.25) is 0 Å². The number of pyridine rings is 1. The van der Waals surface area contributed by atoms with Crippen LogP contribution in [0.4, 0.5) is 0 Å². The summed E-state index contributed by atoms with van der Waals surface area (Å²) in [7, 11) is 0. The molecule has 1 aromatic heterocycles. The van der Waals surface area contributed by atoms with Crippen molar-refractivity contribution in [1.82, 2.24) is 15.2 Å². The van der Waals surface area contributed by atoms with E-state index in [1.165, 1.54) is 16.7 Å². The van der Waals surface area contributed by atoms with Crippen LogP contribution in [0.2, 0.25) is 0 Å². The first kappa shape index (κ1) is 22.5. The van der Waals surface area contributed by atoms with E-state index >= 15 is 0 Å². The molecular formula is C27H35N3O2. The van der Waals surface area contributed by atoms with Crippen molar-refractivity contribution in [3.8, 4) is 5.75 Å². The monoisotopic (exact) mass is 433 g/mol. The van der Waals surface area contributed by atoms with Gasteiger partial charge in [-0.15, -0.1) is 0 Å². The maximum absolute atomic E-state index is 12.7. The van der Waals surface area contributed by atoms with Crippen LogP contribution in [0, 0.1) is 0 Å².